The van der Waals surface area contributed by atoms with E-state index in [9.17, 15) is 0 Å². The van der Waals surface area contributed by atoms with Crippen LogP contribution >= 0.6 is 55.0 Å². The minimum atomic E-state index is -2.89. The summed E-state index contributed by atoms with van der Waals surface area (Å²) in [6.07, 6.45) is 1.34. The van der Waals surface area contributed by atoms with Crippen molar-refractivity contribution in [3.05, 3.63) is 0 Å². The van der Waals surface area contributed by atoms with Crippen molar-refractivity contribution in [3.63, 3.8) is 0 Å². The Morgan fingerprint density at radius 1 is 0.750 bits per heavy atom. The Morgan fingerprint density at radius 3 is 1.00 bits per heavy atom. The Balaban J connectivity index is 5.29. The molecule has 0 radical (unpaired) electrons. The van der Waals surface area contributed by atoms with Crippen molar-refractivity contribution < 1.29 is 0 Å². The average Bonchev–Trinajstić information content (AvgIpc) is 1.86. The SMILES string of the molecule is CCP(C)(Cl)(Cl)P(C)(Cl)(Cl)CC. The zero-order chi connectivity index (χ0) is 10.3. The van der Waals surface area contributed by atoms with E-state index in [1.54, 1.807) is 0 Å². The third kappa shape index (κ3) is 2.16. The van der Waals surface area contributed by atoms with Gasteiger partial charge in [-0.05, 0) is 0 Å². The molecule has 0 N–H and O–H groups in total. The Morgan fingerprint density at radius 2 is 0.917 bits per heavy atom. The molecule has 0 saturated carbocycles. The van der Waals surface area contributed by atoms with Gasteiger partial charge in [0.05, 0.1) is 0 Å². The van der Waals surface area contributed by atoms with Crippen molar-refractivity contribution in [3.8, 4) is 0 Å². The first-order chi connectivity index (χ1) is 4.93. The molecule has 0 heterocycles. The Labute approximate surface area is 94.2 Å². The zero-order valence-electron chi connectivity index (χ0n) is 7.82. The molecule has 0 aliphatic heterocycles. The fraction of sp³-hybridized carbons (Fsp3) is 1.00. The molecule has 0 unspecified atom stereocenters. The van der Waals surface area contributed by atoms with Gasteiger partial charge in [0, 0.05) is 0 Å². The quantitative estimate of drug-likeness (QED) is 0.566. The molecule has 0 aliphatic carbocycles. The molecule has 0 nitrogen and oxygen atoms in total. The van der Waals surface area contributed by atoms with E-state index in [2.05, 4.69) is 0 Å². The van der Waals surface area contributed by atoms with Gasteiger partial charge in [-0.2, -0.15) is 0 Å². The molecular formula is C6H16Cl4P2. The third-order valence-electron chi connectivity index (χ3n) is 2.61. The number of hydrogen-bond donors (Lipinski definition) is 0. The first kappa shape index (κ1) is 14.0. The van der Waals surface area contributed by atoms with Crippen LogP contribution in [-0.4, -0.2) is 25.7 Å². The van der Waals surface area contributed by atoms with Gasteiger partial charge in [0.25, 0.3) is 0 Å². The van der Waals surface area contributed by atoms with Crippen molar-refractivity contribution in [2.45, 2.75) is 13.8 Å². The van der Waals surface area contributed by atoms with Crippen molar-refractivity contribution in [1.29, 1.82) is 0 Å². The van der Waals surface area contributed by atoms with Gasteiger partial charge in [-0.15, -0.1) is 0 Å². The first-order valence-electron chi connectivity index (χ1n) is 3.82. The molecule has 0 amide bonds. The van der Waals surface area contributed by atoms with Gasteiger partial charge in [-0.25, -0.2) is 0 Å². The summed E-state index contributed by atoms with van der Waals surface area (Å²) >= 11 is 25.6. The summed E-state index contributed by atoms with van der Waals surface area (Å²) in [5.74, 6) is 0. The molecule has 0 atom stereocenters. The molecule has 0 rings (SSSR count). The Bertz CT molecular complexity index is 163. The fourth-order valence-electron chi connectivity index (χ4n) is 0.697. The average molecular weight is 292 g/mol. The molecule has 0 aromatic carbocycles. The Kier molecular flexibility index (Phi) is 3.81. The fourth-order valence-corrected chi connectivity index (χ4v) is 10.1. The summed E-state index contributed by atoms with van der Waals surface area (Å²) in [5.41, 5.74) is 0. The number of rotatable bonds is 3. The van der Waals surface area contributed by atoms with Crippen LogP contribution < -0.4 is 0 Å². The predicted octanol–water partition coefficient (Wildman–Crippen LogP) is 5.92. The van der Waals surface area contributed by atoms with Gasteiger partial charge in [-0.1, -0.05) is 0 Å². The summed E-state index contributed by atoms with van der Waals surface area (Å²) in [5, 5.41) is 0. The summed E-state index contributed by atoms with van der Waals surface area (Å²) in [6, 6.07) is 0. The van der Waals surface area contributed by atoms with Crippen molar-refractivity contribution in [2.75, 3.05) is 25.7 Å². The monoisotopic (exact) mass is 290 g/mol. The molecule has 0 saturated heterocycles. The molecule has 0 aliphatic rings. The van der Waals surface area contributed by atoms with E-state index in [0.717, 1.165) is 0 Å². The van der Waals surface area contributed by atoms with Crippen molar-refractivity contribution >= 4 is 55.0 Å². The molecule has 0 aromatic heterocycles. The van der Waals surface area contributed by atoms with E-state index in [1.165, 1.54) is 0 Å². The van der Waals surface area contributed by atoms with E-state index in [4.69, 9.17) is 45.0 Å². The normalized spacial score (nSPS) is 20.7. The van der Waals surface area contributed by atoms with Crippen molar-refractivity contribution in [2.24, 2.45) is 0 Å². The maximum absolute atomic E-state index is 6.40. The van der Waals surface area contributed by atoms with Gasteiger partial charge in [0.2, 0.25) is 0 Å². The second kappa shape index (κ2) is 3.26. The van der Waals surface area contributed by atoms with Crippen LogP contribution in [0.15, 0.2) is 0 Å². The van der Waals surface area contributed by atoms with Crippen LogP contribution in [0.1, 0.15) is 13.8 Å². The zero-order valence-corrected chi connectivity index (χ0v) is 12.6. The molecule has 78 valence electrons. The number of hydrogen-bond acceptors (Lipinski definition) is 0. The Hall–Kier alpha value is 2.02. The molecule has 12 heavy (non-hydrogen) atoms. The molecule has 6 heteroatoms. The molecule has 0 spiro atoms. The van der Waals surface area contributed by atoms with E-state index < -0.39 is 9.99 Å². The molecule has 0 fully saturated rings. The van der Waals surface area contributed by atoms with Crippen LogP contribution in [0.4, 0.5) is 0 Å². The van der Waals surface area contributed by atoms with Gasteiger partial charge in [-0.3, -0.25) is 0 Å². The van der Waals surface area contributed by atoms with E-state index >= 15 is 0 Å². The van der Waals surface area contributed by atoms with Crippen LogP contribution in [0.3, 0.4) is 0 Å². The van der Waals surface area contributed by atoms with E-state index in [0.29, 0.717) is 12.3 Å². The van der Waals surface area contributed by atoms with E-state index in [1.807, 2.05) is 27.2 Å². The molecular weight excluding hydrogens is 276 g/mol. The topological polar surface area (TPSA) is 0 Å². The predicted molar refractivity (Wildman–Crippen MR) is 70.2 cm³/mol. The van der Waals surface area contributed by atoms with Crippen LogP contribution in [0.2, 0.25) is 0 Å². The molecule has 0 bridgehead atoms. The van der Waals surface area contributed by atoms with Gasteiger partial charge in [0.15, 0.2) is 0 Å². The standard InChI is InChI=1S/C6H16Cl4P2/c1-5-11(3,7,8)12(4,9,10)6-2/h5-6H2,1-4H3. The van der Waals surface area contributed by atoms with Crippen molar-refractivity contribution in [1.82, 2.24) is 0 Å². The van der Waals surface area contributed by atoms with Gasteiger partial charge in [0.1, 0.15) is 0 Å². The second-order valence-electron chi connectivity index (χ2n) is 3.53. The van der Waals surface area contributed by atoms with Crippen LogP contribution in [0, 0.1) is 0 Å². The third-order valence-corrected chi connectivity index (χ3v) is 37.2. The van der Waals surface area contributed by atoms with Gasteiger partial charge < -0.3 is 0 Å². The van der Waals surface area contributed by atoms with Crippen LogP contribution in [0.5, 0.6) is 0 Å². The molecule has 0 aromatic rings. The summed E-state index contributed by atoms with van der Waals surface area (Å²) < 4.78 is 0. The van der Waals surface area contributed by atoms with Crippen LogP contribution in [-0.2, 0) is 0 Å². The summed E-state index contributed by atoms with van der Waals surface area (Å²) in [4.78, 5) is -5.79. The van der Waals surface area contributed by atoms with Gasteiger partial charge >= 0.3 is 94.5 Å². The minimum absolute atomic E-state index is 0.671. The first-order valence-corrected chi connectivity index (χ1v) is 13.9. The van der Waals surface area contributed by atoms with E-state index in [-0.39, 0.29) is 0 Å². The van der Waals surface area contributed by atoms with Crippen LogP contribution in [0.25, 0.3) is 0 Å². The second-order valence-corrected chi connectivity index (χ2v) is 31.9. The summed E-state index contributed by atoms with van der Waals surface area (Å²) in [7, 11) is 0. The number of halogens is 4. The summed E-state index contributed by atoms with van der Waals surface area (Å²) in [6.45, 7) is 7.58. The maximum atomic E-state index is 6.40.